The van der Waals surface area contributed by atoms with Gasteiger partial charge in [0.05, 0.1) is 11.1 Å². The Labute approximate surface area is 83.8 Å². The van der Waals surface area contributed by atoms with Gasteiger partial charge in [0.15, 0.2) is 0 Å². The molecule has 0 radical (unpaired) electrons. The van der Waals surface area contributed by atoms with Crippen molar-refractivity contribution in [3.8, 4) is 0 Å². The molecule has 1 unspecified atom stereocenters. The average Bonchev–Trinajstić information content (AvgIpc) is 2.20. The average molecular weight is 214 g/mol. The summed E-state index contributed by atoms with van der Waals surface area (Å²) in [6, 6.07) is 5.48. The topological polar surface area (TPSA) is 74.6 Å². The Balaban J connectivity index is 0.000000791. The van der Waals surface area contributed by atoms with Gasteiger partial charge in [-0.2, -0.15) is 0 Å². The molecule has 0 fully saturated rings. The molecule has 0 saturated carbocycles. The maximum atomic E-state index is 10.5. The van der Waals surface area contributed by atoms with Gasteiger partial charge < -0.3 is 10.2 Å². The number of aromatic carboxylic acids is 2. The van der Waals surface area contributed by atoms with Crippen molar-refractivity contribution in [1.29, 1.82) is 0 Å². The van der Waals surface area contributed by atoms with E-state index in [9.17, 15) is 9.59 Å². The van der Waals surface area contributed by atoms with Crippen molar-refractivity contribution in [3.05, 3.63) is 35.4 Å². The monoisotopic (exact) mass is 214 g/mol. The number of carbonyl (C=O) groups is 2. The second kappa shape index (κ2) is 6.11. The van der Waals surface area contributed by atoms with Crippen LogP contribution in [0.1, 0.15) is 20.7 Å². The van der Waals surface area contributed by atoms with Gasteiger partial charge in [0.2, 0.25) is 0 Å². The zero-order chi connectivity index (χ0) is 11.1. The molecule has 4 nitrogen and oxygen atoms in total. The number of benzene rings is 1. The van der Waals surface area contributed by atoms with E-state index in [1.54, 1.807) is 0 Å². The Kier molecular flexibility index (Phi) is 5.49. The summed E-state index contributed by atoms with van der Waals surface area (Å²) in [6.45, 7) is 1.92. The first-order valence-electron chi connectivity index (χ1n) is 3.76. The fourth-order valence-electron chi connectivity index (χ4n) is 0.856. The van der Waals surface area contributed by atoms with Gasteiger partial charge in [-0.15, -0.1) is 9.24 Å². The SMILES string of the molecule is CP.O=C(O)c1ccccc1C(=O)O. The summed E-state index contributed by atoms with van der Waals surface area (Å²) >= 11 is 0. The predicted octanol–water partition coefficient (Wildman–Crippen LogP) is 1.57. The maximum absolute atomic E-state index is 10.5. The Bertz CT molecular complexity index is 302. The van der Waals surface area contributed by atoms with Gasteiger partial charge in [0.1, 0.15) is 0 Å². The molecule has 1 aromatic rings. The highest BCUT2D eigenvalue weighted by molar-refractivity contribution is 7.15. The molecule has 0 aliphatic rings. The molecule has 0 saturated heterocycles. The van der Waals surface area contributed by atoms with Crippen molar-refractivity contribution in [3.63, 3.8) is 0 Å². The van der Waals surface area contributed by atoms with Crippen molar-refractivity contribution in [2.24, 2.45) is 0 Å². The van der Waals surface area contributed by atoms with E-state index >= 15 is 0 Å². The standard InChI is InChI=1S/C8H6O4.CH5P/c9-7(10)5-3-1-2-4-6(5)8(11)12;1-2/h1-4H,(H,9,10)(H,11,12);2H2,1H3. The minimum Gasteiger partial charge on any atom is -0.478 e. The molecule has 0 aliphatic heterocycles. The molecule has 0 aromatic heterocycles. The summed E-state index contributed by atoms with van der Waals surface area (Å²) in [6.07, 6.45) is 0. The molecule has 1 rings (SSSR count). The fraction of sp³-hybridized carbons (Fsp3) is 0.111. The lowest BCUT2D eigenvalue weighted by Gasteiger charge is -1.98. The molecule has 0 aliphatic carbocycles. The van der Waals surface area contributed by atoms with Crippen molar-refractivity contribution in [1.82, 2.24) is 0 Å². The summed E-state index contributed by atoms with van der Waals surface area (Å²) in [5, 5.41) is 17.1. The van der Waals surface area contributed by atoms with Crippen LogP contribution in [0.2, 0.25) is 0 Å². The Morgan fingerprint density at radius 2 is 1.29 bits per heavy atom. The van der Waals surface area contributed by atoms with Crippen molar-refractivity contribution in [2.45, 2.75) is 0 Å². The molecule has 0 heterocycles. The third kappa shape index (κ3) is 3.15. The number of hydrogen-bond acceptors (Lipinski definition) is 2. The zero-order valence-corrected chi connectivity index (χ0v) is 8.75. The van der Waals surface area contributed by atoms with Crippen LogP contribution in [-0.4, -0.2) is 28.8 Å². The quantitative estimate of drug-likeness (QED) is 0.733. The van der Waals surface area contributed by atoms with Crippen molar-refractivity contribution < 1.29 is 19.8 Å². The van der Waals surface area contributed by atoms with Gasteiger partial charge in [0.25, 0.3) is 0 Å². The van der Waals surface area contributed by atoms with Crippen LogP contribution in [0.5, 0.6) is 0 Å². The molecule has 1 atom stereocenters. The molecule has 1 aromatic carbocycles. The number of rotatable bonds is 2. The molecule has 76 valence electrons. The Hall–Kier alpha value is -1.41. The van der Waals surface area contributed by atoms with E-state index in [4.69, 9.17) is 10.2 Å². The van der Waals surface area contributed by atoms with Gasteiger partial charge in [-0.1, -0.05) is 18.8 Å². The van der Waals surface area contributed by atoms with Crippen LogP contribution in [-0.2, 0) is 0 Å². The molecular formula is C9H11O4P. The lowest BCUT2D eigenvalue weighted by Crippen LogP contribution is -2.06. The van der Waals surface area contributed by atoms with Gasteiger partial charge >= 0.3 is 11.9 Å². The highest BCUT2D eigenvalue weighted by Crippen LogP contribution is 2.07. The van der Waals surface area contributed by atoms with Crippen LogP contribution in [0.3, 0.4) is 0 Å². The van der Waals surface area contributed by atoms with Gasteiger partial charge in [0, 0.05) is 0 Å². The third-order valence-corrected chi connectivity index (χ3v) is 1.39. The normalized spacial score (nSPS) is 8.43. The van der Waals surface area contributed by atoms with Crippen LogP contribution in [0.25, 0.3) is 0 Å². The van der Waals surface area contributed by atoms with E-state index in [2.05, 4.69) is 9.24 Å². The molecule has 0 bridgehead atoms. The summed E-state index contributed by atoms with van der Waals surface area (Å²) in [5.74, 6) is -2.46. The van der Waals surface area contributed by atoms with E-state index in [0.29, 0.717) is 0 Å². The Morgan fingerprint density at radius 1 is 1.00 bits per heavy atom. The Morgan fingerprint density at radius 3 is 1.50 bits per heavy atom. The van der Waals surface area contributed by atoms with Crippen LogP contribution in [0.15, 0.2) is 24.3 Å². The lowest BCUT2D eigenvalue weighted by atomic mass is 10.1. The molecule has 0 spiro atoms. The highest BCUT2D eigenvalue weighted by Gasteiger charge is 2.13. The van der Waals surface area contributed by atoms with Crippen LogP contribution < -0.4 is 0 Å². The van der Waals surface area contributed by atoms with E-state index < -0.39 is 11.9 Å². The predicted molar refractivity (Wildman–Crippen MR) is 56.0 cm³/mol. The first-order chi connectivity index (χ1) is 6.63. The summed E-state index contributed by atoms with van der Waals surface area (Å²) in [4.78, 5) is 20.9. The van der Waals surface area contributed by atoms with E-state index in [-0.39, 0.29) is 11.1 Å². The summed E-state index contributed by atoms with van der Waals surface area (Å²) < 4.78 is 0. The van der Waals surface area contributed by atoms with Gasteiger partial charge in [-0.3, -0.25) is 0 Å². The molecule has 5 heteroatoms. The second-order valence-electron chi connectivity index (χ2n) is 2.16. The minimum absolute atomic E-state index is 0.190. The number of carboxylic acids is 2. The van der Waals surface area contributed by atoms with Crippen LogP contribution in [0, 0.1) is 0 Å². The van der Waals surface area contributed by atoms with Crippen LogP contribution in [0.4, 0.5) is 0 Å². The lowest BCUT2D eigenvalue weighted by molar-refractivity contribution is 0.0651. The first kappa shape index (κ1) is 12.6. The molecule has 2 N–H and O–H groups in total. The highest BCUT2D eigenvalue weighted by atomic mass is 31.0. The van der Waals surface area contributed by atoms with Crippen molar-refractivity contribution in [2.75, 3.05) is 6.66 Å². The summed E-state index contributed by atoms with van der Waals surface area (Å²) in [7, 11) is 2.42. The first-order valence-corrected chi connectivity index (χ1v) is 4.91. The molecule has 14 heavy (non-hydrogen) atoms. The number of hydrogen-bond donors (Lipinski definition) is 2. The minimum atomic E-state index is -1.23. The second-order valence-corrected chi connectivity index (χ2v) is 2.16. The number of carboxylic acid groups (broad SMARTS) is 2. The summed E-state index contributed by atoms with van der Waals surface area (Å²) in [5.41, 5.74) is -0.380. The van der Waals surface area contributed by atoms with Gasteiger partial charge in [-0.25, -0.2) is 9.59 Å². The third-order valence-electron chi connectivity index (χ3n) is 1.39. The smallest absolute Gasteiger partial charge is 0.336 e. The molecular weight excluding hydrogens is 203 g/mol. The van der Waals surface area contributed by atoms with Crippen molar-refractivity contribution >= 4 is 21.2 Å². The maximum Gasteiger partial charge on any atom is 0.336 e. The van der Waals surface area contributed by atoms with Gasteiger partial charge in [-0.05, 0) is 12.1 Å². The largest absolute Gasteiger partial charge is 0.478 e. The molecule has 0 amide bonds. The van der Waals surface area contributed by atoms with E-state index in [1.807, 2.05) is 6.66 Å². The van der Waals surface area contributed by atoms with Crippen LogP contribution >= 0.6 is 9.24 Å². The zero-order valence-electron chi connectivity index (χ0n) is 7.60. The fourth-order valence-corrected chi connectivity index (χ4v) is 0.856. The van der Waals surface area contributed by atoms with E-state index in [1.165, 1.54) is 24.3 Å². The van der Waals surface area contributed by atoms with E-state index in [0.717, 1.165) is 0 Å².